The van der Waals surface area contributed by atoms with E-state index in [9.17, 15) is 9.59 Å². The van der Waals surface area contributed by atoms with Gasteiger partial charge in [0.2, 0.25) is 5.91 Å². The average Bonchev–Trinajstić information content (AvgIpc) is 2.78. The Bertz CT molecular complexity index is 274. The normalized spacial score (nSPS) is 23.8. The number of aliphatic carboxylic acids is 1. The number of carboxylic acids is 1. The molecule has 0 aromatic heterocycles. The maximum atomic E-state index is 11.7. The SMILES string of the molecule is CCC(C)(CNC(=O)[C@H]1CCCN1)C(=O)O. The third-order valence-electron chi connectivity index (χ3n) is 3.33. The van der Waals surface area contributed by atoms with Crippen LogP contribution < -0.4 is 10.6 Å². The van der Waals surface area contributed by atoms with Gasteiger partial charge < -0.3 is 15.7 Å². The summed E-state index contributed by atoms with van der Waals surface area (Å²) in [5.41, 5.74) is -0.867. The van der Waals surface area contributed by atoms with E-state index in [0.29, 0.717) is 6.42 Å². The van der Waals surface area contributed by atoms with Crippen LogP contribution in [0.2, 0.25) is 0 Å². The van der Waals surface area contributed by atoms with Crippen LogP contribution in [0.25, 0.3) is 0 Å². The molecule has 3 N–H and O–H groups in total. The topological polar surface area (TPSA) is 78.4 Å². The van der Waals surface area contributed by atoms with E-state index >= 15 is 0 Å². The van der Waals surface area contributed by atoms with E-state index in [1.807, 2.05) is 6.92 Å². The van der Waals surface area contributed by atoms with Crippen molar-refractivity contribution in [3.8, 4) is 0 Å². The zero-order valence-corrected chi connectivity index (χ0v) is 9.88. The Morgan fingerprint density at radius 2 is 2.25 bits per heavy atom. The van der Waals surface area contributed by atoms with Gasteiger partial charge in [-0.15, -0.1) is 0 Å². The molecule has 0 saturated carbocycles. The van der Waals surface area contributed by atoms with Gasteiger partial charge in [-0.2, -0.15) is 0 Å². The van der Waals surface area contributed by atoms with E-state index in [1.54, 1.807) is 6.92 Å². The molecule has 1 unspecified atom stereocenters. The minimum atomic E-state index is -0.867. The summed E-state index contributed by atoms with van der Waals surface area (Å²) in [6.07, 6.45) is 2.34. The van der Waals surface area contributed by atoms with Gasteiger partial charge in [0, 0.05) is 6.54 Å². The Morgan fingerprint density at radius 3 is 2.69 bits per heavy atom. The zero-order chi connectivity index (χ0) is 12.2. The molecule has 0 aromatic carbocycles. The first-order chi connectivity index (χ1) is 7.49. The Kier molecular flexibility index (Phi) is 4.29. The molecule has 1 rings (SSSR count). The Balaban J connectivity index is 2.43. The van der Waals surface area contributed by atoms with Crippen LogP contribution in [-0.2, 0) is 9.59 Å². The number of amides is 1. The standard InChI is InChI=1S/C11H20N2O3/c1-3-11(2,10(15)16)7-13-9(14)8-5-4-6-12-8/h8,12H,3-7H2,1-2H3,(H,13,14)(H,15,16)/t8-,11?/m1/s1. The highest BCUT2D eigenvalue weighted by Gasteiger charge is 2.32. The minimum absolute atomic E-state index is 0.0848. The van der Waals surface area contributed by atoms with E-state index < -0.39 is 11.4 Å². The highest BCUT2D eigenvalue weighted by atomic mass is 16.4. The summed E-state index contributed by atoms with van der Waals surface area (Å²) in [7, 11) is 0. The second kappa shape index (κ2) is 5.30. The molecule has 1 aliphatic rings. The van der Waals surface area contributed by atoms with Crippen LogP contribution in [0.5, 0.6) is 0 Å². The first-order valence-corrected chi connectivity index (χ1v) is 5.74. The predicted octanol–water partition coefficient (Wildman–Crippen LogP) is 0.356. The van der Waals surface area contributed by atoms with Crippen molar-refractivity contribution in [2.45, 2.75) is 39.2 Å². The minimum Gasteiger partial charge on any atom is -0.481 e. The second-order valence-electron chi connectivity index (χ2n) is 4.59. The van der Waals surface area contributed by atoms with E-state index in [-0.39, 0.29) is 18.5 Å². The highest BCUT2D eigenvalue weighted by Crippen LogP contribution is 2.20. The summed E-state index contributed by atoms with van der Waals surface area (Å²) in [6.45, 7) is 4.52. The van der Waals surface area contributed by atoms with Crippen LogP contribution in [0.15, 0.2) is 0 Å². The third kappa shape index (κ3) is 2.95. The lowest BCUT2D eigenvalue weighted by molar-refractivity contribution is -0.148. The van der Waals surface area contributed by atoms with Crippen molar-refractivity contribution in [3.63, 3.8) is 0 Å². The smallest absolute Gasteiger partial charge is 0.311 e. The summed E-state index contributed by atoms with van der Waals surface area (Å²) in [6, 6.07) is -0.144. The fraction of sp³-hybridized carbons (Fsp3) is 0.818. The van der Waals surface area contributed by atoms with Crippen molar-refractivity contribution in [1.82, 2.24) is 10.6 Å². The largest absolute Gasteiger partial charge is 0.481 e. The molecule has 5 heteroatoms. The van der Waals surface area contributed by atoms with Crippen molar-refractivity contribution in [2.24, 2.45) is 5.41 Å². The van der Waals surface area contributed by atoms with Crippen molar-refractivity contribution < 1.29 is 14.7 Å². The summed E-state index contributed by atoms with van der Waals surface area (Å²) in [4.78, 5) is 22.7. The van der Waals surface area contributed by atoms with Crippen molar-refractivity contribution in [2.75, 3.05) is 13.1 Å². The molecule has 1 amide bonds. The molecule has 1 saturated heterocycles. The average molecular weight is 228 g/mol. The van der Waals surface area contributed by atoms with Crippen LogP contribution in [0.1, 0.15) is 33.1 Å². The molecule has 0 bridgehead atoms. The molecule has 0 aromatic rings. The first-order valence-electron chi connectivity index (χ1n) is 5.74. The second-order valence-corrected chi connectivity index (χ2v) is 4.59. The van der Waals surface area contributed by atoms with Gasteiger partial charge in [-0.25, -0.2) is 0 Å². The van der Waals surface area contributed by atoms with Gasteiger partial charge in [0.15, 0.2) is 0 Å². The molecule has 5 nitrogen and oxygen atoms in total. The van der Waals surface area contributed by atoms with Gasteiger partial charge in [0.25, 0.3) is 0 Å². The molecule has 0 aliphatic carbocycles. The number of hydrogen-bond donors (Lipinski definition) is 3. The number of carbonyl (C=O) groups excluding carboxylic acids is 1. The van der Waals surface area contributed by atoms with Crippen LogP contribution in [-0.4, -0.2) is 36.1 Å². The lowest BCUT2D eigenvalue weighted by Gasteiger charge is -2.24. The zero-order valence-electron chi connectivity index (χ0n) is 9.88. The van der Waals surface area contributed by atoms with Gasteiger partial charge in [-0.05, 0) is 32.7 Å². The van der Waals surface area contributed by atoms with Crippen molar-refractivity contribution in [1.29, 1.82) is 0 Å². The fourth-order valence-corrected chi connectivity index (χ4v) is 1.67. The van der Waals surface area contributed by atoms with E-state index in [2.05, 4.69) is 10.6 Å². The molecular formula is C11H20N2O3. The lowest BCUT2D eigenvalue weighted by atomic mass is 9.87. The third-order valence-corrected chi connectivity index (χ3v) is 3.33. The van der Waals surface area contributed by atoms with Crippen LogP contribution >= 0.6 is 0 Å². The van der Waals surface area contributed by atoms with Crippen molar-refractivity contribution in [3.05, 3.63) is 0 Å². The monoisotopic (exact) mass is 228 g/mol. The molecule has 0 spiro atoms. The van der Waals surface area contributed by atoms with Gasteiger partial charge in [0.05, 0.1) is 11.5 Å². The molecule has 1 fully saturated rings. The van der Waals surface area contributed by atoms with Crippen LogP contribution in [0.4, 0.5) is 0 Å². The Labute approximate surface area is 95.6 Å². The summed E-state index contributed by atoms with van der Waals surface area (Å²) in [5, 5.41) is 14.8. The number of nitrogens with one attached hydrogen (secondary N) is 2. The van der Waals surface area contributed by atoms with Crippen LogP contribution in [0.3, 0.4) is 0 Å². The van der Waals surface area contributed by atoms with E-state index in [0.717, 1.165) is 19.4 Å². The number of rotatable bonds is 5. The summed E-state index contributed by atoms with van der Waals surface area (Å²) in [5.74, 6) is -0.951. The van der Waals surface area contributed by atoms with Gasteiger partial charge in [0.1, 0.15) is 0 Å². The highest BCUT2D eigenvalue weighted by molar-refractivity contribution is 5.83. The number of hydrogen-bond acceptors (Lipinski definition) is 3. The Hall–Kier alpha value is -1.10. The molecule has 1 heterocycles. The fourth-order valence-electron chi connectivity index (χ4n) is 1.67. The summed E-state index contributed by atoms with van der Waals surface area (Å²) >= 11 is 0. The van der Waals surface area contributed by atoms with Crippen LogP contribution in [0, 0.1) is 5.41 Å². The van der Waals surface area contributed by atoms with Gasteiger partial charge >= 0.3 is 5.97 Å². The predicted molar refractivity (Wildman–Crippen MR) is 60.1 cm³/mol. The van der Waals surface area contributed by atoms with E-state index in [1.165, 1.54) is 0 Å². The maximum Gasteiger partial charge on any atom is 0.311 e. The number of carboxylic acid groups (broad SMARTS) is 1. The number of carbonyl (C=O) groups is 2. The molecular weight excluding hydrogens is 208 g/mol. The van der Waals surface area contributed by atoms with Gasteiger partial charge in [-0.3, -0.25) is 9.59 Å². The van der Waals surface area contributed by atoms with Crippen molar-refractivity contribution >= 4 is 11.9 Å². The molecule has 0 radical (unpaired) electrons. The van der Waals surface area contributed by atoms with Gasteiger partial charge in [-0.1, -0.05) is 6.92 Å². The maximum absolute atomic E-state index is 11.7. The van der Waals surface area contributed by atoms with E-state index in [4.69, 9.17) is 5.11 Å². The Morgan fingerprint density at radius 1 is 1.56 bits per heavy atom. The first kappa shape index (κ1) is 13.0. The lowest BCUT2D eigenvalue weighted by Crippen LogP contribution is -2.46. The quantitative estimate of drug-likeness (QED) is 0.634. The molecule has 1 aliphatic heterocycles. The molecule has 2 atom stereocenters. The molecule has 92 valence electrons. The molecule has 16 heavy (non-hydrogen) atoms. The summed E-state index contributed by atoms with van der Waals surface area (Å²) < 4.78 is 0.